The fraction of sp³-hybridized carbons (Fsp3) is 0.571. The number of benzene rings is 1. The van der Waals surface area contributed by atoms with Gasteiger partial charge < -0.3 is 5.32 Å². The van der Waals surface area contributed by atoms with Crippen LogP contribution in [0.4, 0.5) is 0 Å². The fourth-order valence-corrected chi connectivity index (χ4v) is 2.12. The van der Waals surface area contributed by atoms with Gasteiger partial charge in [-0.1, -0.05) is 44.5 Å². The zero-order valence-electron chi connectivity index (χ0n) is 10.4. The maximum atomic E-state index is 3.31. The van der Waals surface area contributed by atoms with Gasteiger partial charge in [0.2, 0.25) is 0 Å². The quantitative estimate of drug-likeness (QED) is 0.777. The fourth-order valence-electron chi connectivity index (χ4n) is 2.12. The molecule has 1 aromatic rings. The van der Waals surface area contributed by atoms with E-state index in [4.69, 9.17) is 0 Å². The molecule has 0 saturated carbocycles. The first-order valence-electron chi connectivity index (χ1n) is 5.90. The van der Waals surface area contributed by atoms with Crippen molar-refractivity contribution in [3.05, 3.63) is 35.4 Å². The van der Waals surface area contributed by atoms with Gasteiger partial charge in [-0.3, -0.25) is 0 Å². The maximum absolute atomic E-state index is 3.31. The molecule has 1 aromatic carbocycles. The Kier molecular flexibility index (Phi) is 4.83. The summed E-state index contributed by atoms with van der Waals surface area (Å²) in [6.07, 6.45) is 1.24. The van der Waals surface area contributed by atoms with Gasteiger partial charge in [-0.25, -0.2) is 0 Å². The number of nitrogens with one attached hydrogen (secondary N) is 1. The molecule has 2 atom stereocenters. The van der Waals surface area contributed by atoms with Gasteiger partial charge >= 0.3 is 0 Å². The smallest absolute Gasteiger partial charge is 0.00198 e. The Morgan fingerprint density at radius 1 is 1.27 bits per heavy atom. The zero-order valence-corrected chi connectivity index (χ0v) is 10.4. The number of aryl methyl sites for hydroxylation is 1. The lowest BCUT2D eigenvalue weighted by Crippen LogP contribution is -2.23. The lowest BCUT2D eigenvalue weighted by atomic mass is 9.83. The molecule has 0 radical (unpaired) electrons. The van der Waals surface area contributed by atoms with Crippen LogP contribution in [0.25, 0.3) is 0 Å². The molecule has 1 heteroatoms. The highest BCUT2D eigenvalue weighted by atomic mass is 14.8. The lowest BCUT2D eigenvalue weighted by Gasteiger charge is -2.24. The van der Waals surface area contributed by atoms with Crippen molar-refractivity contribution in [2.24, 2.45) is 5.92 Å². The predicted molar refractivity (Wildman–Crippen MR) is 67.3 cm³/mol. The average molecular weight is 205 g/mol. The monoisotopic (exact) mass is 205 g/mol. The van der Waals surface area contributed by atoms with Crippen LogP contribution in [-0.2, 0) is 0 Å². The summed E-state index contributed by atoms with van der Waals surface area (Å²) in [7, 11) is 2.04. The van der Waals surface area contributed by atoms with E-state index in [9.17, 15) is 0 Å². The molecule has 0 saturated heterocycles. The van der Waals surface area contributed by atoms with Crippen LogP contribution < -0.4 is 5.32 Å². The minimum absolute atomic E-state index is 0.640. The molecule has 0 spiro atoms. The van der Waals surface area contributed by atoms with Crippen molar-refractivity contribution in [3.8, 4) is 0 Å². The first-order chi connectivity index (χ1) is 7.20. The minimum atomic E-state index is 0.640. The van der Waals surface area contributed by atoms with Crippen molar-refractivity contribution in [3.63, 3.8) is 0 Å². The van der Waals surface area contributed by atoms with Crippen LogP contribution >= 0.6 is 0 Å². The summed E-state index contributed by atoms with van der Waals surface area (Å²) in [6, 6.07) is 8.74. The topological polar surface area (TPSA) is 12.0 Å². The van der Waals surface area contributed by atoms with Crippen molar-refractivity contribution >= 4 is 0 Å². The molecule has 0 amide bonds. The maximum Gasteiger partial charge on any atom is 0.00198 e. The average Bonchev–Trinajstić information content (AvgIpc) is 2.26. The Morgan fingerprint density at radius 2 is 1.93 bits per heavy atom. The molecule has 0 aliphatic carbocycles. The largest absolute Gasteiger partial charge is 0.319 e. The molecule has 2 unspecified atom stereocenters. The van der Waals surface area contributed by atoms with E-state index in [0.717, 1.165) is 12.5 Å². The van der Waals surface area contributed by atoms with Crippen LogP contribution in [0.3, 0.4) is 0 Å². The van der Waals surface area contributed by atoms with Crippen LogP contribution in [0.2, 0.25) is 0 Å². The van der Waals surface area contributed by atoms with E-state index in [1.807, 2.05) is 7.05 Å². The normalized spacial score (nSPS) is 14.9. The standard InChI is InChI=1S/C14H23N/c1-5-11(2)14(10-15-4)13-9-7-6-8-12(13)3/h6-9,11,14-15H,5,10H2,1-4H3. The molecule has 15 heavy (non-hydrogen) atoms. The van der Waals surface area contributed by atoms with Gasteiger partial charge in [0.15, 0.2) is 0 Å². The molecule has 0 aliphatic rings. The van der Waals surface area contributed by atoms with Crippen molar-refractivity contribution in [1.82, 2.24) is 5.32 Å². The van der Waals surface area contributed by atoms with E-state index >= 15 is 0 Å². The van der Waals surface area contributed by atoms with Gasteiger partial charge in [0.1, 0.15) is 0 Å². The molecule has 1 rings (SSSR count). The highest BCUT2D eigenvalue weighted by molar-refractivity contribution is 5.29. The summed E-state index contributed by atoms with van der Waals surface area (Å²) in [6.45, 7) is 7.89. The summed E-state index contributed by atoms with van der Waals surface area (Å²) in [5.41, 5.74) is 2.92. The van der Waals surface area contributed by atoms with E-state index in [-0.39, 0.29) is 0 Å². The Balaban J connectivity index is 2.93. The first kappa shape index (κ1) is 12.3. The highest BCUT2D eigenvalue weighted by Gasteiger charge is 2.18. The van der Waals surface area contributed by atoms with Gasteiger partial charge in [-0.15, -0.1) is 0 Å². The number of hydrogen-bond acceptors (Lipinski definition) is 1. The number of likely N-dealkylation sites (N-methyl/N-ethyl adjacent to an activating group) is 1. The molecule has 0 bridgehead atoms. The molecule has 0 fully saturated rings. The molecule has 1 N–H and O–H groups in total. The van der Waals surface area contributed by atoms with Crippen LogP contribution in [0.15, 0.2) is 24.3 Å². The molecule has 0 aromatic heterocycles. The van der Waals surface area contributed by atoms with Gasteiger partial charge in [-0.2, -0.15) is 0 Å². The van der Waals surface area contributed by atoms with Crippen molar-refractivity contribution in [2.75, 3.05) is 13.6 Å². The predicted octanol–water partition coefficient (Wildman–Crippen LogP) is 3.34. The second-order valence-electron chi connectivity index (χ2n) is 4.41. The van der Waals surface area contributed by atoms with Gasteiger partial charge in [0.25, 0.3) is 0 Å². The number of rotatable bonds is 5. The first-order valence-corrected chi connectivity index (χ1v) is 5.90. The van der Waals surface area contributed by atoms with E-state index in [1.165, 1.54) is 17.5 Å². The highest BCUT2D eigenvalue weighted by Crippen LogP contribution is 2.28. The SMILES string of the molecule is CCC(C)C(CNC)c1ccccc1C. The van der Waals surface area contributed by atoms with Crippen LogP contribution in [-0.4, -0.2) is 13.6 Å². The summed E-state index contributed by atoms with van der Waals surface area (Å²) in [5, 5.41) is 3.31. The third-order valence-corrected chi connectivity index (χ3v) is 3.34. The summed E-state index contributed by atoms with van der Waals surface area (Å²) < 4.78 is 0. The Bertz CT molecular complexity index is 293. The summed E-state index contributed by atoms with van der Waals surface area (Å²) in [4.78, 5) is 0. The molecule has 1 nitrogen and oxygen atoms in total. The van der Waals surface area contributed by atoms with E-state index < -0.39 is 0 Å². The molecular weight excluding hydrogens is 182 g/mol. The Hall–Kier alpha value is -0.820. The molecule has 0 aliphatic heterocycles. The lowest BCUT2D eigenvalue weighted by molar-refractivity contribution is 0.430. The van der Waals surface area contributed by atoms with Crippen LogP contribution in [0.1, 0.15) is 37.3 Å². The van der Waals surface area contributed by atoms with Crippen molar-refractivity contribution in [2.45, 2.75) is 33.1 Å². The van der Waals surface area contributed by atoms with E-state index in [1.54, 1.807) is 0 Å². The zero-order chi connectivity index (χ0) is 11.3. The minimum Gasteiger partial charge on any atom is -0.319 e. The summed E-state index contributed by atoms with van der Waals surface area (Å²) in [5.74, 6) is 1.37. The third kappa shape index (κ3) is 3.07. The van der Waals surface area contributed by atoms with Gasteiger partial charge in [-0.05, 0) is 36.9 Å². The number of hydrogen-bond donors (Lipinski definition) is 1. The van der Waals surface area contributed by atoms with E-state index in [0.29, 0.717) is 5.92 Å². The second-order valence-corrected chi connectivity index (χ2v) is 4.41. The third-order valence-electron chi connectivity index (χ3n) is 3.34. The van der Waals surface area contributed by atoms with E-state index in [2.05, 4.69) is 50.4 Å². The Labute approximate surface area is 93.9 Å². The molecule has 0 heterocycles. The van der Waals surface area contributed by atoms with Crippen LogP contribution in [0, 0.1) is 12.8 Å². The Morgan fingerprint density at radius 3 is 2.47 bits per heavy atom. The van der Waals surface area contributed by atoms with Crippen LogP contribution in [0.5, 0.6) is 0 Å². The van der Waals surface area contributed by atoms with Gasteiger partial charge in [0.05, 0.1) is 0 Å². The second kappa shape index (κ2) is 5.92. The van der Waals surface area contributed by atoms with Crippen molar-refractivity contribution < 1.29 is 0 Å². The molecule has 84 valence electrons. The molecular formula is C14H23N. The summed E-state index contributed by atoms with van der Waals surface area (Å²) >= 11 is 0. The van der Waals surface area contributed by atoms with Gasteiger partial charge in [0, 0.05) is 6.54 Å². The van der Waals surface area contributed by atoms with Crippen molar-refractivity contribution in [1.29, 1.82) is 0 Å².